The van der Waals surface area contributed by atoms with Crippen LogP contribution in [0.1, 0.15) is 18.1 Å². The van der Waals surface area contributed by atoms with Gasteiger partial charge in [0.25, 0.3) is 0 Å². The van der Waals surface area contributed by atoms with Crippen LogP contribution in [-0.2, 0) is 22.7 Å². The Hall–Kier alpha value is -3.86. The third kappa shape index (κ3) is 6.82. The number of alkyl halides is 3. The SMILES string of the molecule is CC(=O)N1Cc2cccc(c2)Nc2ncc(Cl)c(n2)Nc2cccc(c2)C1.O=C(O)C(F)(F)F. The number of halogens is 4. The molecule has 0 aliphatic carbocycles. The molecule has 8 nitrogen and oxygen atoms in total. The van der Waals surface area contributed by atoms with Crippen molar-refractivity contribution in [3.05, 3.63) is 70.9 Å². The average molecular weight is 494 g/mol. The lowest BCUT2D eigenvalue weighted by Crippen LogP contribution is -2.27. The van der Waals surface area contributed by atoms with Crippen molar-refractivity contribution in [1.82, 2.24) is 14.9 Å². The number of anilines is 4. The summed E-state index contributed by atoms with van der Waals surface area (Å²) in [6.07, 6.45) is -3.52. The van der Waals surface area contributed by atoms with Crippen molar-refractivity contribution in [2.75, 3.05) is 10.6 Å². The van der Waals surface area contributed by atoms with E-state index >= 15 is 0 Å². The number of nitrogens with zero attached hydrogens (tertiary/aromatic N) is 3. The Labute approximate surface area is 197 Å². The molecule has 1 aliphatic heterocycles. The van der Waals surface area contributed by atoms with E-state index in [9.17, 15) is 18.0 Å². The van der Waals surface area contributed by atoms with E-state index < -0.39 is 12.1 Å². The van der Waals surface area contributed by atoms with Gasteiger partial charge in [-0.15, -0.1) is 0 Å². The molecular weight excluding hydrogens is 475 g/mol. The lowest BCUT2D eigenvalue weighted by Gasteiger charge is -2.22. The van der Waals surface area contributed by atoms with Gasteiger partial charge in [-0.25, -0.2) is 9.78 Å². The highest BCUT2D eigenvalue weighted by Crippen LogP contribution is 2.26. The van der Waals surface area contributed by atoms with Crippen LogP contribution in [0.15, 0.2) is 54.7 Å². The molecule has 1 aromatic heterocycles. The van der Waals surface area contributed by atoms with Gasteiger partial charge >= 0.3 is 12.1 Å². The lowest BCUT2D eigenvalue weighted by atomic mass is 10.1. The minimum Gasteiger partial charge on any atom is -0.475 e. The maximum absolute atomic E-state index is 12.2. The number of rotatable bonds is 0. The van der Waals surface area contributed by atoms with Crippen LogP contribution >= 0.6 is 11.6 Å². The van der Waals surface area contributed by atoms with Crippen LogP contribution in [0.2, 0.25) is 5.02 Å². The van der Waals surface area contributed by atoms with Crippen molar-refractivity contribution < 1.29 is 27.9 Å². The van der Waals surface area contributed by atoms with Crippen LogP contribution in [-0.4, -0.2) is 38.0 Å². The topological polar surface area (TPSA) is 107 Å². The second-order valence-electron chi connectivity index (χ2n) is 7.22. The molecule has 3 N–H and O–H groups in total. The van der Waals surface area contributed by atoms with Gasteiger partial charge in [-0.3, -0.25) is 4.79 Å². The smallest absolute Gasteiger partial charge is 0.475 e. The van der Waals surface area contributed by atoms with E-state index in [4.69, 9.17) is 21.5 Å². The Balaban J connectivity index is 0.000000406. The van der Waals surface area contributed by atoms with Crippen molar-refractivity contribution in [2.24, 2.45) is 0 Å². The van der Waals surface area contributed by atoms with Gasteiger partial charge in [0.1, 0.15) is 5.02 Å². The third-order valence-corrected chi connectivity index (χ3v) is 4.83. The molecule has 6 bridgehead atoms. The molecule has 0 atom stereocenters. The van der Waals surface area contributed by atoms with E-state index in [1.165, 1.54) is 0 Å². The van der Waals surface area contributed by atoms with Crippen LogP contribution in [0, 0.1) is 0 Å². The normalized spacial score (nSPS) is 12.8. The Bertz CT molecular complexity index is 1210. The first kappa shape index (κ1) is 24.8. The van der Waals surface area contributed by atoms with E-state index in [0.29, 0.717) is 29.9 Å². The standard InChI is InChI=1S/C20H18ClN5O.C2HF3O2/c1-13(27)26-11-14-4-2-6-16(8-14)23-19-18(21)10-22-20(25-19)24-17-7-3-5-15(9-17)12-26;3-2(4,5)1(6)7/h2-10H,11-12H2,1H3,(H2,22,23,24,25);(H,6,7). The van der Waals surface area contributed by atoms with Crippen LogP contribution in [0.3, 0.4) is 0 Å². The summed E-state index contributed by atoms with van der Waals surface area (Å²) >= 11 is 6.26. The van der Waals surface area contributed by atoms with E-state index in [-0.39, 0.29) is 5.91 Å². The molecule has 178 valence electrons. The summed E-state index contributed by atoms with van der Waals surface area (Å²) in [5.41, 5.74) is 3.74. The predicted molar refractivity (Wildman–Crippen MR) is 120 cm³/mol. The highest BCUT2D eigenvalue weighted by Gasteiger charge is 2.38. The zero-order valence-electron chi connectivity index (χ0n) is 17.7. The summed E-state index contributed by atoms with van der Waals surface area (Å²) in [5, 5.41) is 14.0. The van der Waals surface area contributed by atoms with Crippen LogP contribution in [0.25, 0.3) is 0 Å². The van der Waals surface area contributed by atoms with Gasteiger partial charge in [-0.05, 0) is 35.4 Å². The summed E-state index contributed by atoms with van der Waals surface area (Å²) in [6.45, 7) is 2.63. The van der Waals surface area contributed by atoms with Crippen LogP contribution in [0.5, 0.6) is 0 Å². The van der Waals surface area contributed by atoms with Gasteiger partial charge in [-0.2, -0.15) is 18.2 Å². The summed E-state index contributed by atoms with van der Waals surface area (Å²) < 4.78 is 31.7. The molecule has 0 fully saturated rings. The van der Waals surface area contributed by atoms with E-state index in [1.807, 2.05) is 53.4 Å². The zero-order chi connectivity index (χ0) is 24.9. The van der Waals surface area contributed by atoms with Crippen molar-refractivity contribution in [2.45, 2.75) is 26.2 Å². The minimum absolute atomic E-state index is 0.0235. The van der Waals surface area contributed by atoms with Crippen LogP contribution < -0.4 is 10.6 Å². The number of fused-ring (bicyclic) bond motifs is 6. The molecule has 4 rings (SSSR count). The molecule has 2 aromatic carbocycles. The quantitative estimate of drug-likeness (QED) is 0.399. The highest BCUT2D eigenvalue weighted by molar-refractivity contribution is 6.32. The van der Waals surface area contributed by atoms with Gasteiger partial charge in [0.05, 0.1) is 6.20 Å². The minimum atomic E-state index is -5.08. The second kappa shape index (κ2) is 10.4. The highest BCUT2D eigenvalue weighted by atomic mass is 35.5. The van der Waals surface area contributed by atoms with E-state index in [0.717, 1.165) is 22.5 Å². The Morgan fingerprint density at radius 2 is 1.56 bits per heavy atom. The first-order valence-electron chi connectivity index (χ1n) is 9.81. The Morgan fingerprint density at radius 3 is 2.06 bits per heavy atom. The molecule has 12 heteroatoms. The molecule has 1 amide bonds. The monoisotopic (exact) mass is 493 g/mol. The fraction of sp³-hybridized carbons (Fsp3) is 0.182. The van der Waals surface area contributed by atoms with Gasteiger partial charge in [0, 0.05) is 31.4 Å². The number of hydrogen-bond donors (Lipinski definition) is 3. The number of amides is 1. The number of hydrogen-bond acceptors (Lipinski definition) is 6. The van der Waals surface area contributed by atoms with Crippen molar-refractivity contribution in [3.63, 3.8) is 0 Å². The third-order valence-electron chi connectivity index (χ3n) is 4.55. The number of carbonyl (C=O) groups is 2. The molecule has 0 saturated carbocycles. The molecule has 34 heavy (non-hydrogen) atoms. The summed E-state index contributed by atoms with van der Waals surface area (Å²) in [4.78, 5) is 31.6. The average Bonchev–Trinajstić information content (AvgIpc) is 2.75. The van der Waals surface area contributed by atoms with Crippen LogP contribution in [0.4, 0.5) is 36.3 Å². The molecule has 0 unspecified atom stereocenters. The van der Waals surface area contributed by atoms with E-state index in [2.05, 4.69) is 20.6 Å². The fourth-order valence-corrected chi connectivity index (χ4v) is 3.13. The maximum atomic E-state index is 12.2. The first-order chi connectivity index (χ1) is 16.0. The lowest BCUT2D eigenvalue weighted by molar-refractivity contribution is -0.192. The van der Waals surface area contributed by atoms with Gasteiger partial charge in [0.2, 0.25) is 11.9 Å². The number of carboxylic acid groups (broad SMARTS) is 1. The van der Waals surface area contributed by atoms with Crippen molar-refractivity contribution in [3.8, 4) is 0 Å². The number of benzene rings is 2. The molecule has 0 radical (unpaired) electrons. The van der Waals surface area contributed by atoms with Gasteiger partial charge < -0.3 is 20.6 Å². The summed E-state index contributed by atoms with van der Waals surface area (Å²) in [5.74, 6) is -1.78. The summed E-state index contributed by atoms with van der Waals surface area (Å²) in [7, 11) is 0. The van der Waals surface area contributed by atoms with Gasteiger partial charge in [-0.1, -0.05) is 35.9 Å². The molecular formula is C22H19ClF3N5O3. The number of nitrogens with one attached hydrogen (secondary N) is 2. The Kier molecular flexibility index (Phi) is 7.57. The molecule has 0 spiro atoms. The van der Waals surface area contributed by atoms with Crippen molar-refractivity contribution >= 4 is 46.6 Å². The molecule has 2 heterocycles. The van der Waals surface area contributed by atoms with Crippen molar-refractivity contribution in [1.29, 1.82) is 0 Å². The fourth-order valence-electron chi connectivity index (χ4n) is 3.00. The maximum Gasteiger partial charge on any atom is 0.490 e. The number of carboxylic acids is 1. The number of carbonyl (C=O) groups excluding carboxylic acids is 1. The number of aliphatic carboxylic acids is 1. The number of aromatic nitrogens is 2. The zero-order valence-corrected chi connectivity index (χ0v) is 18.5. The molecule has 1 aliphatic rings. The largest absolute Gasteiger partial charge is 0.490 e. The predicted octanol–water partition coefficient (Wildman–Crippen LogP) is 5.11. The molecule has 3 aromatic rings. The van der Waals surface area contributed by atoms with E-state index in [1.54, 1.807) is 13.1 Å². The second-order valence-corrected chi connectivity index (χ2v) is 7.63. The summed E-state index contributed by atoms with van der Waals surface area (Å²) in [6, 6.07) is 15.7. The van der Waals surface area contributed by atoms with Gasteiger partial charge in [0.15, 0.2) is 5.82 Å². The molecule has 0 saturated heterocycles. The first-order valence-corrected chi connectivity index (χ1v) is 10.2. The Morgan fingerprint density at radius 1 is 1.03 bits per heavy atom.